The van der Waals surface area contributed by atoms with E-state index in [0.29, 0.717) is 17.7 Å². The van der Waals surface area contributed by atoms with Crippen molar-refractivity contribution in [3.8, 4) is 0 Å². The summed E-state index contributed by atoms with van der Waals surface area (Å²) in [6, 6.07) is 26.1. The Labute approximate surface area is 244 Å². The molecule has 3 rings (SSSR count). The van der Waals surface area contributed by atoms with Crippen LogP contribution >= 0.6 is 15.9 Å². The molecule has 2 unspecified atom stereocenters. The van der Waals surface area contributed by atoms with Gasteiger partial charge in [0.05, 0.1) is 30.4 Å². The minimum Gasteiger partial charge on any atom is -0.463 e. The molecule has 0 saturated carbocycles. The normalized spacial score (nSPS) is 11.5. The van der Waals surface area contributed by atoms with E-state index in [2.05, 4.69) is 34.4 Å². The third-order valence-corrected chi connectivity index (χ3v) is 5.94. The molecule has 8 heteroatoms. The van der Waals surface area contributed by atoms with Crippen LogP contribution in [0.5, 0.6) is 0 Å². The standard InChI is InChI=1S/C18H18BrNO2.C14H16O4/c1-3-22-18(21)13(2)17(14-7-5-4-6-8-14)20-16-11-9-15(19)10-12-16;1-4-17-14(16)10(2)13(18-11(3)15)12-8-6-5-7-9-12/h4-12,17,20H,2-3H2,1H3;5-9,13H,2,4H2,1,3H3. The van der Waals surface area contributed by atoms with Crippen LogP contribution in [-0.2, 0) is 28.6 Å². The second kappa shape index (κ2) is 16.7. The Bertz CT molecular complexity index is 1280. The van der Waals surface area contributed by atoms with E-state index < -0.39 is 18.0 Å². The Kier molecular flexibility index (Phi) is 13.4. The highest BCUT2D eigenvalue weighted by Gasteiger charge is 2.24. The van der Waals surface area contributed by atoms with Crippen LogP contribution in [0.4, 0.5) is 5.69 Å². The molecular weight excluding hydrogens is 574 g/mol. The first-order chi connectivity index (χ1) is 19.2. The van der Waals surface area contributed by atoms with E-state index in [-0.39, 0.29) is 24.2 Å². The number of hydrogen-bond donors (Lipinski definition) is 1. The lowest BCUT2D eigenvalue weighted by Crippen LogP contribution is -2.20. The van der Waals surface area contributed by atoms with Crippen LogP contribution in [0, 0.1) is 0 Å². The molecule has 0 aliphatic carbocycles. The van der Waals surface area contributed by atoms with E-state index in [0.717, 1.165) is 15.7 Å². The van der Waals surface area contributed by atoms with Gasteiger partial charge in [-0.1, -0.05) is 89.8 Å². The topological polar surface area (TPSA) is 90.9 Å². The molecule has 210 valence electrons. The van der Waals surface area contributed by atoms with Gasteiger partial charge in [-0.25, -0.2) is 9.59 Å². The Morgan fingerprint density at radius 2 is 1.23 bits per heavy atom. The number of ether oxygens (including phenoxy) is 3. The van der Waals surface area contributed by atoms with Crippen molar-refractivity contribution in [1.29, 1.82) is 0 Å². The summed E-state index contributed by atoms with van der Waals surface area (Å²) in [5.41, 5.74) is 3.05. The van der Waals surface area contributed by atoms with Crippen LogP contribution in [0.25, 0.3) is 0 Å². The number of benzene rings is 3. The maximum absolute atomic E-state index is 12.0. The van der Waals surface area contributed by atoms with Crippen molar-refractivity contribution in [2.45, 2.75) is 32.9 Å². The van der Waals surface area contributed by atoms with Crippen LogP contribution < -0.4 is 5.32 Å². The fourth-order valence-corrected chi connectivity index (χ4v) is 3.80. The third-order valence-electron chi connectivity index (χ3n) is 5.41. The molecule has 1 N–H and O–H groups in total. The summed E-state index contributed by atoms with van der Waals surface area (Å²) < 4.78 is 16.1. The quantitative estimate of drug-likeness (QED) is 0.141. The minimum atomic E-state index is -0.803. The highest BCUT2D eigenvalue weighted by molar-refractivity contribution is 9.10. The van der Waals surface area contributed by atoms with Gasteiger partial charge < -0.3 is 19.5 Å². The van der Waals surface area contributed by atoms with Crippen molar-refractivity contribution in [2.75, 3.05) is 18.5 Å². The van der Waals surface area contributed by atoms with Crippen molar-refractivity contribution < 1.29 is 28.6 Å². The van der Waals surface area contributed by atoms with Crippen molar-refractivity contribution in [3.05, 3.63) is 125 Å². The van der Waals surface area contributed by atoms with Crippen LogP contribution in [0.1, 0.15) is 44.0 Å². The van der Waals surface area contributed by atoms with Gasteiger partial charge in [0, 0.05) is 17.1 Å². The van der Waals surface area contributed by atoms with Crippen molar-refractivity contribution >= 4 is 39.5 Å². The molecule has 0 aliphatic rings. The monoisotopic (exact) mass is 607 g/mol. The van der Waals surface area contributed by atoms with Crippen LogP contribution in [0.15, 0.2) is 114 Å². The molecule has 0 saturated heterocycles. The summed E-state index contributed by atoms with van der Waals surface area (Å²) in [7, 11) is 0. The number of nitrogens with one attached hydrogen (secondary N) is 1. The molecule has 0 aliphatic heterocycles. The second-order valence-electron chi connectivity index (χ2n) is 8.39. The summed E-state index contributed by atoms with van der Waals surface area (Å²) >= 11 is 3.41. The molecule has 0 amide bonds. The molecule has 0 heterocycles. The van der Waals surface area contributed by atoms with E-state index in [1.54, 1.807) is 38.1 Å². The first kappa shape index (κ1) is 32.0. The Morgan fingerprint density at radius 3 is 1.70 bits per heavy atom. The zero-order valence-electron chi connectivity index (χ0n) is 22.9. The molecule has 3 aromatic rings. The van der Waals surface area contributed by atoms with Crippen molar-refractivity contribution in [2.24, 2.45) is 0 Å². The summed E-state index contributed by atoms with van der Waals surface area (Å²) in [5.74, 6) is -1.43. The SMILES string of the molecule is C=C(C(=O)OCC)C(Nc1ccc(Br)cc1)c1ccccc1.C=C(C(=O)OCC)C(OC(C)=O)c1ccccc1. The van der Waals surface area contributed by atoms with E-state index in [4.69, 9.17) is 14.2 Å². The molecule has 0 radical (unpaired) electrons. The Morgan fingerprint density at radius 1 is 0.750 bits per heavy atom. The lowest BCUT2D eigenvalue weighted by molar-refractivity contribution is -0.148. The fourth-order valence-electron chi connectivity index (χ4n) is 3.54. The maximum atomic E-state index is 12.0. The van der Waals surface area contributed by atoms with Gasteiger partial charge in [0.15, 0.2) is 6.10 Å². The van der Waals surface area contributed by atoms with Gasteiger partial charge in [0.25, 0.3) is 0 Å². The van der Waals surface area contributed by atoms with Gasteiger partial charge in [-0.15, -0.1) is 0 Å². The van der Waals surface area contributed by atoms with Crippen molar-refractivity contribution in [1.82, 2.24) is 0 Å². The number of anilines is 1. The fraction of sp³-hybridized carbons (Fsp3) is 0.219. The van der Waals surface area contributed by atoms with Crippen molar-refractivity contribution in [3.63, 3.8) is 0 Å². The van der Waals surface area contributed by atoms with E-state index >= 15 is 0 Å². The average molecular weight is 609 g/mol. The van der Waals surface area contributed by atoms with Crippen LogP contribution in [0.3, 0.4) is 0 Å². The van der Waals surface area contributed by atoms with Gasteiger partial charge in [-0.2, -0.15) is 0 Å². The molecule has 3 aromatic carbocycles. The summed E-state index contributed by atoms with van der Waals surface area (Å²) in [4.78, 5) is 34.8. The minimum absolute atomic E-state index is 0.109. The van der Waals surface area contributed by atoms with Gasteiger partial charge >= 0.3 is 17.9 Å². The molecule has 0 bridgehead atoms. The number of hydrogen-bond acceptors (Lipinski definition) is 7. The maximum Gasteiger partial charge on any atom is 0.337 e. The number of carbonyl (C=O) groups excluding carboxylic acids is 3. The predicted octanol–water partition coefficient (Wildman–Crippen LogP) is 7.13. The lowest BCUT2D eigenvalue weighted by atomic mass is 9.99. The summed E-state index contributed by atoms with van der Waals surface area (Å²) in [6.45, 7) is 12.9. The largest absolute Gasteiger partial charge is 0.463 e. The molecular formula is C32H34BrNO6. The zero-order valence-corrected chi connectivity index (χ0v) is 24.5. The lowest BCUT2D eigenvalue weighted by Gasteiger charge is -2.21. The number of esters is 3. The zero-order chi connectivity index (χ0) is 29.5. The Balaban J connectivity index is 0.000000286. The summed E-state index contributed by atoms with van der Waals surface area (Å²) in [6.07, 6.45) is -0.803. The van der Waals surface area contributed by atoms with E-state index in [9.17, 15) is 14.4 Å². The van der Waals surface area contributed by atoms with Gasteiger partial charge in [-0.3, -0.25) is 4.79 Å². The van der Waals surface area contributed by atoms with Gasteiger partial charge in [-0.05, 0) is 49.2 Å². The van der Waals surface area contributed by atoms with Gasteiger partial charge in [0.1, 0.15) is 0 Å². The molecule has 0 aromatic heterocycles. The van der Waals surface area contributed by atoms with Crippen LogP contribution in [0.2, 0.25) is 0 Å². The average Bonchev–Trinajstić information content (AvgIpc) is 2.96. The molecule has 0 spiro atoms. The van der Waals surface area contributed by atoms with Crippen LogP contribution in [-0.4, -0.2) is 31.1 Å². The Hall–Kier alpha value is -4.17. The number of carbonyl (C=O) groups is 3. The molecule has 7 nitrogen and oxygen atoms in total. The van der Waals surface area contributed by atoms with E-state index in [1.807, 2.05) is 60.7 Å². The number of halogens is 1. The first-order valence-corrected chi connectivity index (χ1v) is 13.5. The molecule has 2 atom stereocenters. The third kappa shape index (κ3) is 10.2. The summed E-state index contributed by atoms with van der Waals surface area (Å²) in [5, 5.41) is 3.34. The second-order valence-corrected chi connectivity index (χ2v) is 9.30. The number of rotatable bonds is 11. The van der Waals surface area contributed by atoms with E-state index in [1.165, 1.54) is 6.92 Å². The van der Waals surface area contributed by atoms with Gasteiger partial charge in [0.2, 0.25) is 0 Å². The predicted molar refractivity (Wildman–Crippen MR) is 159 cm³/mol. The highest BCUT2D eigenvalue weighted by Crippen LogP contribution is 2.28. The smallest absolute Gasteiger partial charge is 0.337 e. The highest BCUT2D eigenvalue weighted by atomic mass is 79.9. The first-order valence-electron chi connectivity index (χ1n) is 12.7. The molecule has 0 fully saturated rings. The molecule has 40 heavy (non-hydrogen) atoms.